The van der Waals surface area contributed by atoms with Gasteiger partial charge in [0.05, 0.1) is 6.61 Å². The molecule has 0 amide bonds. The molecule has 1 aromatic rings. The molecule has 0 bridgehead atoms. The maximum atomic E-state index is 10.9. The van der Waals surface area contributed by atoms with Gasteiger partial charge in [0.15, 0.2) is 0 Å². The molecule has 0 unspecified atom stereocenters. The third-order valence-electron chi connectivity index (χ3n) is 2.04. The minimum absolute atomic E-state index is 0.161. The van der Waals surface area contributed by atoms with Gasteiger partial charge in [0.25, 0.3) is 0 Å². The van der Waals surface area contributed by atoms with Gasteiger partial charge in [0.2, 0.25) is 0 Å². The largest absolute Gasteiger partial charge is 0.508 e. The van der Waals surface area contributed by atoms with Crippen molar-refractivity contribution in [3.8, 4) is 5.75 Å². The number of hydrogen-bond acceptors (Lipinski definition) is 4. The van der Waals surface area contributed by atoms with E-state index in [4.69, 9.17) is 15.1 Å². The number of hydroxylamine groups is 1. The van der Waals surface area contributed by atoms with Gasteiger partial charge >= 0.3 is 5.97 Å². The summed E-state index contributed by atoms with van der Waals surface area (Å²) >= 11 is 0. The molecule has 0 spiro atoms. The van der Waals surface area contributed by atoms with E-state index in [0.29, 0.717) is 13.0 Å². The normalized spacial score (nSPS) is 12.3. The number of aliphatic carboxylic acids is 1. The van der Waals surface area contributed by atoms with Crippen LogP contribution in [0.4, 0.5) is 0 Å². The number of carboxylic acid groups (broad SMARTS) is 1. The van der Waals surface area contributed by atoms with Gasteiger partial charge in [-0.15, -0.1) is 0 Å². The van der Waals surface area contributed by atoms with Gasteiger partial charge in [-0.25, -0.2) is 0 Å². The molecule has 1 rings (SSSR count). The smallest absolute Gasteiger partial charge is 0.323 e. The zero-order valence-corrected chi connectivity index (χ0v) is 9.01. The van der Waals surface area contributed by atoms with Crippen LogP contribution in [-0.2, 0) is 16.1 Å². The van der Waals surface area contributed by atoms with Crippen LogP contribution in [0.5, 0.6) is 5.75 Å². The van der Waals surface area contributed by atoms with Gasteiger partial charge in [-0.2, -0.15) is 5.48 Å². The summed E-state index contributed by atoms with van der Waals surface area (Å²) in [6.07, 6.45) is 0.301. The number of hydrogen-bond donors (Lipinski definition) is 3. The van der Waals surface area contributed by atoms with Gasteiger partial charge in [-0.05, 0) is 24.6 Å². The molecule has 1 aromatic carbocycles. The lowest BCUT2D eigenvalue weighted by Gasteiger charge is -2.13. The molecule has 5 heteroatoms. The number of carbonyl (C=O) groups is 1. The highest BCUT2D eigenvalue weighted by atomic mass is 16.6. The second kappa shape index (κ2) is 6.09. The average molecular weight is 225 g/mol. The monoisotopic (exact) mass is 225 g/mol. The van der Waals surface area contributed by atoms with Crippen LogP contribution in [0.3, 0.4) is 0 Å². The summed E-state index contributed by atoms with van der Waals surface area (Å²) in [4.78, 5) is 15.8. The molecule has 0 heterocycles. The topological polar surface area (TPSA) is 78.8 Å². The van der Waals surface area contributed by atoms with E-state index in [9.17, 15) is 4.79 Å². The second-order valence-electron chi connectivity index (χ2n) is 3.31. The zero-order valence-electron chi connectivity index (χ0n) is 9.01. The molecule has 0 saturated carbocycles. The zero-order chi connectivity index (χ0) is 12.0. The first-order valence-corrected chi connectivity index (χ1v) is 5.01. The molecule has 5 nitrogen and oxygen atoms in total. The molecule has 0 radical (unpaired) electrons. The van der Waals surface area contributed by atoms with Crippen LogP contribution in [0.25, 0.3) is 0 Å². The summed E-state index contributed by atoms with van der Waals surface area (Å²) in [5.74, 6) is -0.810. The molecule has 3 N–H and O–H groups in total. The Bertz CT molecular complexity index is 336. The van der Waals surface area contributed by atoms with Crippen LogP contribution in [0.2, 0.25) is 0 Å². The fourth-order valence-electron chi connectivity index (χ4n) is 1.23. The standard InChI is InChI=1S/C11H15NO4/c1-2-16-12-10(11(14)15)7-8-3-5-9(13)6-4-8/h3-6,10,12-13H,2,7H2,1H3,(H,14,15)/t10-/m0/s1. The van der Waals surface area contributed by atoms with Crippen molar-refractivity contribution in [2.75, 3.05) is 6.61 Å². The number of aromatic hydroxyl groups is 1. The van der Waals surface area contributed by atoms with Crippen LogP contribution in [0.15, 0.2) is 24.3 Å². The van der Waals surface area contributed by atoms with Gasteiger partial charge in [0.1, 0.15) is 11.8 Å². The number of nitrogens with one attached hydrogen (secondary N) is 1. The molecule has 1 atom stereocenters. The maximum Gasteiger partial charge on any atom is 0.323 e. The van der Waals surface area contributed by atoms with Crippen molar-refractivity contribution in [3.05, 3.63) is 29.8 Å². The Hall–Kier alpha value is -1.59. The van der Waals surface area contributed by atoms with Crippen LogP contribution in [0.1, 0.15) is 12.5 Å². The average Bonchev–Trinajstić information content (AvgIpc) is 2.26. The van der Waals surface area contributed by atoms with Crippen molar-refractivity contribution in [2.24, 2.45) is 0 Å². The predicted molar refractivity (Wildman–Crippen MR) is 58.0 cm³/mol. The summed E-state index contributed by atoms with van der Waals surface area (Å²) in [5, 5.41) is 18.0. The quantitative estimate of drug-likeness (QED) is 0.628. The highest BCUT2D eigenvalue weighted by molar-refractivity contribution is 5.73. The van der Waals surface area contributed by atoms with Crippen LogP contribution < -0.4 is 5.48 Å². The molecule has 0 saturated heterocycles. The fraction of sp³-hybridized carbons (Fsp3) is 0.364. The van der Waals surface area contributed by atoms with E-state index in [1.807, 2.05) is 0 Å². The lowest BCUT2D eigenvalue weighted by molar-refractivity contribution is -0.143. The molecule has 88 valence electrons. The number of carboxylic acids is 1. The Morgan fingerprint density at radius 1 is 1.44 bits per heavy atom. The van der Waals surface area contributed by atoms with E-state index in [1.54, 1.807) is 19.1 Å². The number of rotatable bonds is 6. The number of phenolic OH excluding ortho intramolecular Hbond substituents is 1. The third-order valence-corrected chi connectivity index (χ3v) is 2.04. The van der Waals surface area contributed by atoms with E-state index in [0.717, 1.165) is 5.56 Å². The predicted octanol–water partition coefficient (Wildman–Crippen LogP) is 0.929. The first-order valence-electron chi connectivity index (χ1n) is 5.01. The van der Waals surface area contributed by atoms with Gasteiger partial charge in [-0.3, -0.25) is 4.79 Å². The van der Waals surface area contributed by atoms with Crippen molar-refractivity contribution in [1.29, 1.82) is 0 Å². The molecule has 0 aromatic heterocycles. The molecular weight excluding hydrogens is 210 g/mol. The SMILES string of the molecule is CCON[C@@H](Cc1ccc(O)cc1)C(=O)O. The van der Waals surface area contributed by atoms with Crippen LogP contribution in [-0.4, -0.2) is 28.8 Å². The third kappa shape index (κ3) is 3.88. The van der Waals surface area contributed by atoms with Crippen LogP contribution in [0, 0.1) is 0 Å². The minimum Gasteiger partial charge on any atom is -0.508 e. The highest BCUT2D eigenvalue weighted by Crippen LogP contribution is 2.11. The minimum atomic E-state index is -0.971. The van der Waals surface area contributed by atoms with E-state index >= 15 is 0 Å². The summed E-state index contributed by atoms with van der Waals surface area (Å²) in [5.41, 5.74) is 3.29. The van der Waals surface area contributed by atoms with Crippen molar-refractivity contribution in [2.45, 2.75) is 19.4 Å². The van der Waals surface area contributed by atoms with Gasteiger partial charge in [0, 0.05) is 6.42 Å². The van der Waals surface area contributed by atoms with Crippen molar-refractivity contribution >= 4 is 5.97 Å². The van der Waals surface area contributed by atoms with E-state index in [2.05, 4.69) is 5.48 Å². The molecule has 16 heavy (non-hydrogen) atoms. The molecule has 0 aliphatic rings. The molecule has 0 aliphatic heterocycles. The van der Waals surface area contributed by atoms with E-state index in [1.165, 1.54) is 12.1 Å². The Kier molecular flexibility index (Phi) is 4.75. The Morgan fingerprint density at radius 3 is 2.56 bits per heavy atom. The Labute approximate surface area is 93.6 Å². The molecular formula is C11H15NO4. The van der Waals surface area contributed by atoms with E-state index < -0.39 is 12.0 Å². The Morgan fingerprint density at radius 2 is 2.06 bits per heavy atom. The maximum absolute atomic E-state index is 10.9. The summed E-state index contributed by atoms with van der Waals surface area (Å²) in [7, 11) is 0. The number of phenols is 1. The van der Waals surface area contributed by atoms with Gasteiger partial charge < -0.3 is 15.1 Å². The second-order valence-corrected chi connectivity index (χ2v) is 3.31. The van der Waals surface area contributed by atoms with Crippen molar-refractivity contribution < 1.29 is 19.8 Å². The lowest BCUT2D eigenvalue weighted by Crippen LogP contribution is -2.38. The van der Waals surface area contributed by atoms with Crippen molar-refractivity contribution in [3.63, 3.8) is 0 Å². The first-order chi connectivity index (χ1) is 7.63. The van der Waals surface area contributed by atoms with Crippen molar-refractivity contribution in [1.82, 2.24) is 5.48 Å². The fourth-order valence-corrected chi connectivity index (χ4v) is 1.23. The Balaban J connectivity index is 2.60. The van der Waals surface area contributed by atoms with Gasteiger partial charge in [-0.1, -0.05) is 12.1 Å². The number of benzene rings is 1. The molecule has 0 fully saturated rings. The summed E-state index contributed by atoms with van der Waals surface area (Å²) in [6, 6.07) is 5.62. The highest BCUT2D eigenvalue weighted by Gasteiger charge is 2.17. The van der Waals surface area contributed by atoms with E-state index in [-0.39, 0.29) is 5.75 Å². The molecule has 0 aliphatic carbocycles. The summed E-state index contributed by atoms with van der Waals surface area (Å²) < 4.78 is 0. The van der Waals surface area contributed by atoms with Crippen LogP contribution >= 0.6 is 0 Å². The summed E-state index contributed by atoms with van der Waals surface area (Å²) in [6.45, 7) is 2.17. The first kappa shape index (κ1) is 12.5. The lowest BCUT2D eigenvalue weighted by atomic mass is 10.1.